The highest BCUT2D eigenvalue weighted by Crippen LogP contribution is 2.50. The lowest BCUT2D eigenvalue weighted by Crippen LogP contribution is -1.89. The van der Waals surface area contributed by atoms with E-state index >= 15 is 0 Å². The number of aromatic nitrogens is 2. The predicted molar refractivity (Wildman–Crippen MR) is 310 cm³/mol. The molecule has 11 aromatic carbocycles. The first kappa shape index (κ1) is 43.5. The van der Waals surface area contributed by atoms with E-state index in [1.54, 1.807) is 0 Å². The first-order valence-corrected chi connectivity index (χ1v) is 25.0. The molecule has 0 radical (unpaired) electrons. The molecule has 0 aliphatic heterocycles. The molecule has 2 aromatic heterocycles. The van der Waals surface area contributed by atoms with Crippen molar-refractivity contribution in [3.63, 3.8) is 0 Å². The molecule has 73 heavy (non-hydrogen) atoms. The van der Waals surface area contributed by atoms with Gasteiger partial charge in [-0.05, 0) is 211 Å². The molecule has 2 heteroatoms. The van der Waals surface area contributed by atoms with Crippen LogP contribution in [0.1, 0.15) is 11.1 Å². The minimum Gasteiger partial charge on any atom is -0.265 e. The van der Waals surface area contributed by atoms with Gasteiger partial charge in [-0.25, -0.2) is 0 Å². The summed E-state index contributed by atoms with van der Waals surface area (Å²) in [6.07, 6.45) is 6.49. The van der Waals surface area contributed by atoms with E-state index in [1.807, 2.05) is 30.7 Å². The maximum atomic E-state index is 4.52. The number of hydrogen-bond acceptors (Lipinski definition) is 2. The maximum absolute atomic E-state index is 4.52. The summed E-state index contributed by atoms with van der Waals surface area (Å²) in [5, 5.41) is 10.4. The van der Waals surface area contributed by atoms with Gasteiger partial charge >= 0.3 is 0 Å². The molecule has 2 nitrogen and oxygen atoms in total. The first-order chi connectivity index (χ1) is 36.1. The second-order valence-corrected chi connectivity index (χ2v) is 18.9. The van der Waals surface area contributed by atoms with Crippen LogP contribution in [0.4, 0.5) is 0 Å². The van der Waals surface area contributed by atoms with Gasteiger partial charge in [-0.3, -0.25) is 9.97 Å². The van der Waals surface area contributed by atoms with Crippen LogP contribution in [0.3, 0.4) is 0 Å². The smallest absolute Gasteiger partial charge is 0.0702 e. The Morgan fingerprint density at radius 3 is 1.25 bits per heavy atom. The van der Waals surface area contributed by atoms with Gasteiger partial charge in [0.15, 0.2) is 0 Å². The predicted octanol–water partition coefficient (Wildman–Crippen LogP) is 19.1. The normalized spacial score (nSPS) is 11.5. The zero-order valence-corrected chi connectivity index (χ0v) is 40.3. The number of nitrogens with zero attached hydrogens (tertiary/aromatic N) is 2. The Labute approximate surface area is 425 Å². The van der Waals surface area contributed by atoms with Gasteiger partial charge in [0.1, 0.15) is 0 Å². The zero-order valence-electron chi connectivity index (χ0n) is 40.3. The number of fused-ring (bicyclic) bond motifs is 8. The Hall–Kier alpha value is -9.50. The highest BCUT2D eigenvalue weighted by atomic mass is 14.7. The van der Waals surface area contributed by atoms with Crippen molar-refractivity contribution in [2.75, 3.05) is 0 Å². The van der Waals surface area contributed by atoms with Crippen LogP contribution in [0.2, 0.25) is 0 Å². The average Bonchev–Trinajstić information content (AvgIpc) is 3.97. The molecule has 0 bridgehead atoms. The van der Waals surface area contributed by atoms with E-state index in [9.17, 15) is 0 Å². The Morgan fingerprint density at radius 1 is 0.260 bits per heavy atom. The Kier molecular flexibility index (Phi) is 10.9. The lowest BCUT2D eigenvalue weighted by atomic mass is 9.94. The second kappa shape index (κ2) is 18.4. The highest BCUT2D eigenvalue weighted by molar-refractivity contribution is 6.18. The summed E-state index contributed by atoms with van der Waals surface area (Å²) in [5.74, 6) is 0. The van der Waals surface area contributed by atoms with Crippen molar-refractivity contribution < 1.29 is 0 Å². The minimum atomic E-state index is 0.927. The van der Waals surface area contributed by atoms with Gasteiger partial charge < -0.3 is 0 Å². The van der Waals surface area contributed by atoms with Crippen molar-refractivity contribution in [2.45, 2.75) is 6.42 Å². The average molecular weight is 929 g/mol. The molecule has 15 rings (SSSR count). The standard InChI is InChI=1S/C37H23N.C32H21N.C2H4/c1-2-11-33-32(10-1)34-12-6-9-30-22-31(23-35(33)37(30)34)28-17-16-26-19-25(14-15-27(26)20-28)24-7-5-8-29(21-24)36-13-3-4-18-38-36;1-2-6-29-28(5-1)30-7-3-4-26-19-27(20-31(29)32(26)30)25-11-10-23-17-22(8-9-24(23)18-25)16-21-12-14-33-15-13-21;1-2/h1-23H;1-15,17-20H,16H2;1-2H2. The molecule has 0 spiro atoms. The summed E-state index contributed by atoms with van der Waals surface area (Å²) in [4.78, 5) is 8.64. The molecule has 13 aromatic rings. The Bertz CT molecular complexity index is 4270. The van der Waals surface area contributed by atoms with Crippen LogP contribution < -0.4 is 0 Å². The highest BCUT2D eigenvalue weighted by Gasteiger charge is 2.23. The van der Waals surface area contributed by atoms with Crippen molar-refractivity contribution >= 4 is 43.1 Å². The summed E-state index contributed by atoms with van der Waals surface area (Å²) in [7, 11) is 0. The van der Waals surface area contributed by atoms with E-state index in [0.717, 1.165) is 17.7 Å². The first-order valence-electron chi connectivity index (χ1n) is 25.0. The van der Waals surface area contributed by atoms with Crippen LogP contribution in [-0.4, -0.2) is 9.97 Å². The van der Waals surface area contributed by atoms with E-state index < -0.39 is 0 Å². The molecule has 2 aliphatic rings. The molecule has 342 valence electrons. The van der Waals surface area contributed by atoms with Gasteiger partial charge in [-0.1, -0.05) is 164 Å². The monoisotopic (exact) mass is 928 g/mol. The van der Waals surface area contributed by atoms with Crippen molar-refractivity contribution in [1.82, 2.24) is 9.97 Å². The summed E-state index contributed by atoms with van der Waals surface area (Å²) >= 11 is 0. The SMILES string of the molecule is C=C.c1ccc(-c2cccc(-c3ccc4cc(-c5cc6c7c(cccc7c5)-c5ccccc5-6)ccc4c3)c2)nc1.c1ccc2c(c1)-c1cccc3cc(-c4ccc5cc(Cc6ccncc6)ccc5c4)cc-2c13. The molecule has 0 fully saturated rings. The largest absolute Gasteiger partial charge is 0.265 e. The summed E-state index contributed by atoms with van der Waals surface area (Å²) in [6.45, 7) is 6.00. The fourth-order valence-electron chi connectivity index (χ4n) is 11.3. The number of hydrogen-bond donors (Lipinski definition) is 0. The van der Waals surface area contributed by atoms with Gasteiger partial charge in [0.2, 0.25) is 0 Å². The van der Waals surface area contributed by atoms with Crippen LogP contribution in [0.15, 0.2) is 268 Å². The van der Waals surface area contributed by atoms with Gasteiger partial charge in [-0.15, -0.1) is 13.2 Å². The molecule has 0 unspecified atom stereocenters. The lowest BCUT2D eigenvalue weighted by Gasteiger charge is -2.10. The van der Waals surface area contributed by atoms with E-state index in [0.29, 0.717) is 0 Å². The third kappa shape index (κ3) is 7.87. The van der Waals surface area contributed by atoms with Crippen LogP contribution in [-0.2, 0) is 6.42 Å². The van der Waals surface area contributed by atoms with Gasteiger partial charge in [0.05, 0.1) is 5.69 Å². The molecule has 2 aliphatic carbocycles. The maximum Gasteiger partial charge on any atom is 0.0702 e. The van der Waals surface area contributed by atoms with Crippen molar-refractivity contribution in [1.29, 1.82) is 0 Å². The van der Waals surface area contributed by atoms with Crippen molar-refractivity contribution in [2.24, 2.45) is 0 Å². The molecule has 0 saturated carbocycles. The molecule has 0 N–H and O–H groups in total. The van der Waals surface area contributed by atoms with Gasteiger partial charge in [0, 0.05) is 24.2 Å². The van der Waals surface area contributed by atoms with Gasteiger partial charge in [0.25, 0.3) is 0 Å². The van der Waals surface area contributed by atoms with E-state index in [2.05, 4.69) is 248 Å². The molecule has 2 heterocycles. The van der Waals surface area contributed by atoms with Gasteiger partial charge in [-0.2, -0.15) is 0 Å². The second-order valence-electron chi connectivity index (χ2n) is 18.9. The number of benzene rings is 11. The zero-order chi connectivity index (χ0) is 48.8. The fourth-order valence-corrected chi connectivity index (χ4v) is 11.3. The van der Waals surface area contributed by atoms with Crippen LogP contribution in [0.25, 0.3) is 132 Å². The number of rotatable bonds is 6. The van der Waals surface area contributed by atoms with Crippen LogP contribution in [0.5, 0.6) is 0 Å². The molecular weight excluding hydrogens is 881 g/mol. The van der Waals surface area contributed by atoms with E-state index in [-0.39, 0.29) is 0 Å². The third-order valence-corrected chi connectivity index (χ3v) is 14.7. The van der Waals surface area contributed by atoms with E-state index in [4.69, 9.17) is 0 Å². The summed E-state index contributed by atoms with van der Waals surface area (Å²) < 4.78 is 0. The molecule has 0 saturated heterocycles. The Balaban J connectivity index is 0.000000138. The quantitative estimate of drug-likeness (QED) is 0.155. The molecule has 0 atom stereocenters. The third-order valence-electron chi connectivity index (χ3n) is 14.7. The summed E-state index contributed by atoms with van der Waals surface area (Å²) in [5.41, 5.74) is 22.9. The van der Waals surface area contributed by atoms with Crippen molar-refractivity contribution in [3.8, 4) is 89.1 Å². The molecular formula is C71H48N2. The summed E-state index contributed by atoms with van der Waals surface area (Å²) in [6, 6.07) is 86.4. The van der Waals surface area contributed by atoms with Crippen molar-refractivity contribution in [3.05, 3.63) is 279 Å². The van der Waals surface area contributed by atoms with E-state index in [1.165, 1.54) is 132 Å². The number of pyridine rings is 2. The van der Waals surface area contributed by atoms with Crippen LogP contribution in [0, 0.1) is 0 Å². The topological polar surface area (TPSA) is 25.8 Å². The van der Waals surface area contributed by atoms with Crippen LogP contribution >= 0.6 is 0 Å². The minimum absolute atomic E-state index is 0.927. The Morgan fingerprint density at radius 2 is 0.699 bits per heavy atom. The molecule has 0 amide bonds. The fraction of sp³-hybridized carbons (Fsp3) is 0.0141. The lowest BCUT2D eigenvalue weighted by molar-refractivity contribution is 1.17.